The van der Waals surface area contributed by atoms with Gasteiger partial charge in [-0.15, -0.1) is 0 Å². The quantitative estimate of drug-likeness (QED) is 0.189. The minimum Gasteiger partial charge on any atom is -0.474 e. The van der Waals surface area contributed by atoms with Gasteiger partial charge in [0, 0.05) is 48.9 Å². The Labute approximate surface area is 279 Å². The zero-order valence-corrected chi connectivity index (χ0v) is 27.7. The third-order valence-corrected chi connectivity index (χ3v) is 9.41. The average Bonchev–Trinajstić information content (AvgIpc) is 3.34. The molecule has 2 aliphatic rings. The van der Waals surface area contributed by atoms with E-state index in [0.717, 1.165) is 26.9 Å². The van der Waals surface area contributed by atoms with E-state index < -0.39 is 11.6 Å². The van der Waals surface area contributed by atoms with Gasteiger partial charge in [-0.3, -0.25) is 4.79 Å². The molecule has 0 spiro atoms. The van der Waals surface area contributed by atoms with Crippen molar-refractivity contribution in [1.82, 2.24) is 24.6 Å². The van der Waals surface area contributed by atoms with Crippen molar-refractivity contribution >= 4 is 33.6 Å². The highest BCUT2D eigenvalue weighted by molar-refractivity contribution is 9.10. The summed E-state index contributed by atoms with van der Waals surface area (Å²) < 4.78 is 28.3. The van der Waals surface area contributed by atoms with Gasteiger partial charge >= 0.3 is 6.09 Å². The van der Waals surface area contributed by atoms with Gasteiger partial charge in [0.15, 0.2) is 5.65 Å². The Morgan fingerprint density at radius 3 is 2.45 bits per heavy atom. The number of carbonyl (C=O) groups is 2. The normalized spacial score (nSPS) is 18.6. The van der Waals surface area contributed by atoms with E-state index >= 15 is 0 Å². The molecule has 5 aromatic rings. The van der Waals surface area contributed by atoms with Crippen molar-refractivity contribution in [2.24, 2.45) is 11.8 Å². The van der Waals surface area contributed by atoms with E-state index in [2.05, 4.69) is 26.2 Å². The number of benzene rings is 2. The van der Waals surface area contributed by atoms with Crippen LogP contribution in [0.4, 0.5) is 9.18 Å². The molecule has 240 valence electrons. The Kier molecular flexibility index (Phi) is 7.95. The largest absolute Gasteiger partial charge is 0.474 e. The molecule has 1 N–H and O–H groups in total. The van der Waals surface area contributed by atoms with Crippen LogP contribution in [0.5, 0.6) is 5.88 Å². The number of piperidine rings is 1. The Morgan fingerprint density at radius 1 is 1.00 bits per heavy atom. The number of hydrogen-bond donors (Lipinski definition) is 1. The molecule has 2 fully saturated rings. The van der Waals surface area contributed by atoms with E-state index in [-0.39, 0.29) is 36.3 Å². The van der Waals surface area contributed by atoms with Crippen molar-refractivity contribution in [2.45, 2.75) is 39.0 Å². The molecule has 2 aromatic carbocycles. The monoisotopic (exact) mass is 697 g/mol. The molecule has 3 aromatic heterocycles. The van der Waals surface area contributed by atoms with Crippen LogP contribution in [0.3, 0.4) is 0 Å². The van der Waals surface area contributed by atoms with Gasteiger partial charge < -0.3 is 24.1 Å². The summed E-state index contributed by atoms with van der Waals surface area (Å²) in [6.07, 6.45) is 3.06. The number of imidazole rings is 1. The number of rotatable bonds is 8. The van der Waals surface area contributed by atoms with E-state index in [1.807, 2.05) is 91.0 Å². The summed E-state index contributed by atoms with van der Waals surface area (Å²) in [5.74, 6) is 0.384. The van der Waals surface area contributed by atoms with Crippen molar-refractivity contribution in [2.75, 3.05) is 13.1 Å². The number of halogens is 2. The lowest BCUT2D eigenvalue weighted by atomic mass is 9.93. The lowest BCUT2D eigenvalue weighted by Gasteiger charge is -2.27. The molecule has 4 heterocycles. The average molecular weight is 699 g/mol. The van der Waals surface area contributed by atoms with Crippen molar-refractivity contribution in [3.63, 3.8) is 0 Å². The first-order valence-electron chi connectivity index (χ1n) is 15.4. The summed E-state index contributed by atoms with van der Waals surface area (Å²) in [7, 11) is 0. The molecule has 3 atom stereocenters. The van der Waals surface area contributed by atoms with Crippen LogP contribution >= 0.6 is 15.9 Å². The number of ether oxygens (including phenoxy) is 2. The predicted octanol–water partition coefficient (Wildman–Crippen LogP) is 6.92. The van der Waals surface area contributed by atoms with Crippen molar-refractivity contribution in [3.8, 4) is 17.1 Å². The molecule has 1 saturated carbocycles. The van der Waals surface area contributed by atoms with E-state index in [9.17, 15) is 14.0 Å². The zero-order chi connectivity index (χ0) is 32.9. The SMILES string of the molecule is Cc1cn2cc(C(=O)N3C[C@@H]4C(Oc5cc(C(C)(C)NC(=O)OCc6ccccc6)cc(-c6ccc(F)cc6)n5)[C@@H]4C3)cc(Br)c2n1. The second-order valence-electron chi connectivity index (χ2n) is 12.7. The Morgan fingerprint density at radius 2 is 1.72 bits per heavy atom. The highest BCUT2D eigenvalue weighted by Crippen LogP contribution is 2.48. The predicted molar refractivity (Wildman–Crippen MR) is 177 cm³/mol. The van der Waals surface area contributed by atoms with Crippen molar-refractivity contribution in [1.29, 1.82) is 0 Å². The molecule has 1 saturated heterocycles. The molecule has 47 heavy (non-hydrogen) atoms. The first-order valence-corrected chi connectivity index (χ1v) is 16.2. The van der Waals surface area contributed by atoms with Gasteiger partial charge in [-0.1, -0.05) is 30.3 Å². The smallest absolute Gasteiger partial charge is 0.408 e. The van der Waals surface area contributed by atoms with E-state index in [1.165, 1.54) is 12.1 Å². The topological polar surface area (TPSA) is 98.1 Å². The minimum absolute atomic E-state index is 0.0319. The van der Waals surface area contributed by atoms with Gasteiger partial charge in [0.1, 0.15) is 18.5 Å². The molecule has 0 radical (unpaired) electrons. The first kappa shape index (κ1) is 30.9. The Bertz CT molecular complexity index is 1970. The fraction of sp³-hybridized carbons (Fsp3) is 0.278. The van der Waals surface area contributed by atoms with E-state index in [1.54, 1.807) is 12.1 Å². The summed E-state index contributed by atoms with van der Waals surface area (Å²) in [5, 5.41) is 2.96. The number of aryl methyl sites for hydroxylation is 1. The summed E-state index contributed by atoms with van der Waals surface area (Å²) in [5.41, 5.74) is 4.32. The lowest BCUT2D eigenvalue weighted by molar-refractivity contribution is 0.0750. The highest BCUT2D eigenvalue weighted by Gasteiger charge is 2.59. The van der Waals surface area contributed by atoms with Gasteiger partial charge in [-0.2, -0.15) is 0 Å². The number of carbonyl (C=O) groups excluding carboxylic acids is 2. The molecule has 2 amide bonds. The Hall–Kier alpha value is -4.77. The number of nitrogens with one attached hydrogen (secondary N) is 1. The number of aromatic nitrogens is 3. The second kappa shape index (κ2) is 12.1. The molecule has 7 rings (SSSR count). The van der Waals surface area contributed by atoms with Crippen molar-refractivity contribution in [3.05, 3.63) is 118 Å². The maximum Gasteiger partial charge on any atom is 0.408 e. The molecule has 1 aliphatic carbocycles. The van der Waals surface area contributed by atoms with Crippen LogP contribution in [-0.4, -0.2) is 50.5 Å². The van der Waals surface area contributed by atoms with Gasteiger partial charge in [0.25, 0.3) is 5.91 Å². The number of amides is 2. The number of alkyl carbamates (subject to hydrolysis) is 1. The van der Waals surface area contributed by atoms with Crippen LogP contribution in [0.15, 0.2) is 89.7 Å². The summed E-state index contributed by atoms with van der Waals surface area (Å²) >= 11 is 3.55. The van der Waals surface area contributed by atoms with Crippen molar-refractivity contribution < 1.29 is 23.5 Å². The van der Waals surface area contributed by atoms with Gasteiger partial charge in [-0.05, 0) is 84.2 Å². The fourth-order valence-corrected chi connectivity index (χ4v) is 6.75. The van der Waals surface area contributed by atoms with Crippen LogP contribution < -0.4 is 10.1 Å². The maximum atomic E-state index is 13.7. The van der Waals surface area contributed by atoms with Gasteiger partial charge in [0.05, 0.1) is 27.0 Å². The van der Waals surface area contributed by atoms with Crippen LogP contribution in [0.2, 0.25) is 0 Å². The highest BCUT2D eigenvalue weighted by atomic mass is 79.9. The van der Waals surface area contributed by atoms with Crippen LogP contribution in [0.25, 0.3) is 16.9 Å². The molecule has 0 bridgehead atoms. The first-order chi connectivity index (χ1) is 22.5. The molecule has 1 unspecified atom stereocenters. The number of likely N-dealkylation sites (tertiary alicyclic amines) is 1. The van der Waals surface area contributed by atoms with E-state index in [0.29, 0.717) is 35.8 Å². The third-order valence-electron chi connectivity index (χ3n) is 8.82. The molecule has 1 aliphatic heterocycles. The number of fused-ring (bicyclic) bond motifs is 2. The Balaban J connectivity index is 1.06. The standard InChI is InChI=1S/C36H33BrFN5O4/c1-21-16-42-17-24(13-29(37)33(42)39-21)34(44)43-18-27-28(19-43)32(27)47-31-15-25(14-30(40-31)23-9-11-26(38)12-10-23)36(2,3)41-35(45)46-20-22-7-5-4-6-8-22/h4-17,27-28,32H,18-20H2,1-3H3,(H,41,45)/t27-,28+,32?. The summed E-state index contributed by atoms with van der Waals surface area (Å²) in [4.78, 5) is 37.4. The lowest BCUT2D eigenvalue weighted by Crippen LogP contribution is -2.41. The minimum atomic E-state index is -0.852. The molecular weight excluding hydrogens is 665 g/mol. The third kappa shape index (κ3) is 6.44. The van der Waals surface area contributed by atoms with E-state index in [4.69, 9.17) is 14.5 Å². The van der Waals surface area contributed by atoms with Gasteiger partial charge in [0.2, 0.25) is 5.88 Å². The second-order valence-corrected chi connectivity index (χ2v) is 13.6. The molecule has 11 heteroatoms. The number of pyridine rings is 2. The number of hydrogen-bond acceptors (Lipinski definition) is 6. The zero-order valence-electron chi connectivity index (χ0n) is 26.1. The molecule has 9 nitrogen and oxygen atoms in total. The molecular formula is C36H33BrFN5O4. The summed E-state index contributed by atoms with van der Waals surface area (Å²) in [6.45, 7) is 6.98. The van der Waals surface area contributed by atoms with Crippen LogP contribution in [0.1, 0.15) is 41.0 Å². The summed E-state index contributed by atoms with van der Waals surface area (Å²) in [6, 6.07) is 21.1. The van der Waals surface area contributed by atoms with Crippen LogP contribution in [0, 0.1) is 24.6 Å². The maximum absolute atomic E-state index is 13.7. The fourth-order valence-electron chi connectivity index (χ4n) is 6.21. The van der Waals surface area contributed by atoms with Gasteiger partial charge in [-0.25, -0.2) is 19.2 Å². The number of nitrogens with zero attached hydrogens (tertiary/aromatic N) is 4. The van der Waals surface area contributed by atoms with Crippen LogP contribution in [-0.2, 0) is 16.9 Å².